The standard InChI is InChI=1S/C11H15N5O4/c1-2-3-7-9(17)16(11(20)12-7)5-4-15-6-8(10(18)19)13-14-15/h6-7H,2-5H2,1H3,(H,12,20)(H,18,19). The maximum Gasteiger partial charge on any atom is 0.358 e. The lowest BCUT2D eigenvalue weighted by molar-refractivity contribution is -0.127. The first-order valence-electron chi connectivity index (χ1n) is 6.28. The zero-order chi connectivity index (χ0) is 14.7. The Kier molecular flexibility index (Phi) is 3.97. The van der Waals surface area contributed by atoms with Crippen molar-refractivity contribution in [3.05, 3.63) is 11.9 Å². The van der Waals surface area contributed by atoms with E-state index in [1.807, 2.05) is 6.92 Å². The van der Waals surface area contributed by atoms with Crippen LogP contribution in [0.25, 0.3) is 0 Å². The quantitative estimate of drug-likeness (QED) is 0.691. The summed E-state index contributed by atoms with van der Waals surface area (Å²) in [6.07, 6.45) is 2.66. The van der Waals surface area contributed by atoms with Gasteiger partial charge in [0.15, 0.2) is 5.69 Å². The van der Waals surface area contributed by atoms with E-state index in [4.69, 9.17) is 5.11 Å². The predicted molar refractivity (Wildman–Crippen MR) is 65.9 cm³/mol. The molecule has 0 aliphatic carbocycles. The summed E-state index contributed by atoms with van der Waals surface area (Å²) in [5.74, 6) is -1.43. The van der Waals surface area contributed by atoms with Crippen LogP contribution in [0.2, 0.25) is 0 Å². The fourth-order valence-electron chi connectivity index (χ4n) is 1.98. The third kappa shape index (κ3) is 2.76. The van der Waals surface area contributed by atoms with Gasteiger partial charge in [0.2, 0.25) is 0 Å². The van der Waals surface area contributed by atoms with Gasteiger partial charge in [-0.2, -0.15) is 0 Å². The van der Waals surface area contributed by atoms with Crippen LogP contribution in [0.15, 0.2) is 6.20 Å². The molecular weight excluding hydrogens is 266 g/mol. The van der Waals surface area contributed by atoms with E-state index in [1.165, 1.54) is 10.9 Å². The molecule has 1 saturated heterocycles. The van der Waals surface area contributed by atoms with E-state index >= 15 is 0 Å². The first-order valence-corrected chi connectivity index (χ1v) is 6.28. The summed E-state index contributed by atoms with van der Waals surface area (Å²) in [6, 6.07) is -0.884. The molecule has 2 rings (SSSR count). The molecule has 1 aromatic rings. The second kappa shape index (κ2) is 5.68. The molecular formula is C11H15N5O4. The molecule has 108 valence electrons. The summed E-state index contributed by atoms with van der Waals surface area (Å²) in [6.45, 7) is 2.27. The van der Waals surface area contributed by atoms with Crippen LogP contribution in [-0.4, -0.2) is 55.5 Å². The Morgan fingerprint density at radius 1 is 1.45 bits per heavy atom. The number of amides is 3. The van der Waals surface area contributed by atoms with E-state index in [0.717, 1.165) is 11.3 Å². The first-order chi connectivity index (χ1) is 9.52. The number of hydrogen-bond acceptors (Lipinski definition) is 5. The summed E-state index contributed by atoms with van der Waals surface area (Å²) >= 11 is 0. The number of aromatic nitrogens is 3. The number of carboxylic acid groups (broad SMARTS) is 1. The van der Waals surface area contributed by atoms with E-state index in [0.29, 0.717) is 6.42 Å². The average molecular weight is 281 g/mol. The van der Waals surface area contributed by atoms with E-state index in [-0.39, 0.29) is 24.7 Å². The highest BCUT2D eigenvalue weighted by atomic mass is 16.4. The number of carbonyl (C=O) groups excluding carboxylic acids is 2. The number of imide groups is 1. The van der Waals surface area contributed by atoms with Gasteiger partial charge in [0.05, 0.1) is 19.3 Å². The molecule has 20 heavy (non-hydrogen) atoms. The second-order valence-electron chi connectivity index (χ2n) is 4.45. The SMILES string of the molecule is CCCC1NC(=O)N(CCn2cc(C(=O)O)nn2)C1=O. The fourth-order valence-corrected chi connectivity index (χ4v) is 1.98. The van der Waals surface area contributed by atoms with Crippen molar-refractivity contribution < 1.29 is 19.5 Å². The van der Waals surface area contributed by atoms with Crippen LogP contribution in [-0.2, 0) is 11.3 Å². The second-order valence-corrected chi connectivity index (χ2v) is 4.45. The minimum Gasteiger partial charge on any atom is -0.476 e. The Morgan fingerprint density at radius 2 is 2.20 bits per heavy atom. The monoisotopic (exact) mass is 281 g/mol. The van der Waals surface area contributed by atoms with Crippen LogP contribution in [0.4, 0.5) is 4.79 Å². The van der Waals surface area contributed by atoms with Crippen LogP contribution in [0.5, 0.6) is 0 Å². The van der Waals surface area contributed by atoms with Crippen LogP contribution < -0.4 is 5.32 Å². The molecule has 1 aromatic heterocycles. The molecule has 3 amide bonds. The summed E-state index contributed by atoms with van der Waals surface area (Å²) < 4.78 is 1.29. The van der Waals surface area contributed by atoms with Gasteiger partial charge in [-0.15, -0.1) is 5.10 Å². The van der Waals surface area contributed by atoms with Crippen molar-refractivity contribution in [2.75, 3.05) is 6.54 Å². The molecule has 1 unspecified atom stereocenters. The Balaban J connectivity index is 1.94. The Morgan fingerprint density at radius 3 is 2.80 bits per heavy atom. The predicted octanol–water partition coefficient (Wildman–Crippen LogP) is -0.303. The number of carbonyl (C=O) groups is 3. The normalized spacial score (nSPS) is 18.4. The third-order valence-corrected chi connectivity index (χ3v) is 2.99. The van der Waals surface area contributed by atoms with Gasteiger partial charge in [0, 0.05) is 0 Å². The molecule has 1 aliphatic heterocycles. The Bertz CT molecular complexity index is 541. The van der Waals surface area contributed by atoms with Crippen molar-refractivity contribution in [2.45, 2.75) is 32.4 Å². The lowest BCUT2D eigenvalue weighted by Gasteiger charge is -2.12. The van der Waals surface area contributed by atoms with Crippen LogP contribution in [0, 0.1) is 0 Å². The zero-order valence-electron chi connectivity index (χ0n) is 10.9. The first kappa shape index (κ1) is 14.0. The minimum atomic E-state index is -1.17. The molecule has 9 nitrogen and oxygen atoms in total. The van der Waals surface area contributed by atoms with Crippen molar-refractivity contribution in [3.8, 4) is 0 Å². The van der Waals surface area contributed by atoms with Crippen LogP contribution >= 0.6 is 0 Å². The molecule has 0 aromatic carbocycles. The average Bonchev–Trinajstić information content (AvgIpc) is 2.95. The summed E-state index contributed by atoms with van der Waals surface area (Å²) in [5, 5.41) is 18.4. The van der Waals surface area contributed by atoms with E-state index in [2.05, 4.69) is 15.6 Å². The number of aromatic carboxylic acids is 1. The molecule has 0 spiro atoms. The molecule has 9 heteroatoms. The van der Waals surface area contributed by atoms with Gasteiger partial charge in [-0.1, -0.05) is 18.6 Å². The third-order valence-electron chi connectivity index (χ3n) is 2.99. The van der Waals surface area contributed by atoms with E-state index in [9.17, 15) is 14.4 Å². The number of hydrogen-bond donors (Lipinski definition) is 2. The number of nitrogens with zero attached hydrogens (tertiary/aromatic N) is 4. The Hall–Kier alpha value is -2.45. The van der Waals surface area contributed by atoms with Gasteiger partial charge in [0.25, 0.3) is 5.91 Å². The highest BCUT2D eigenvalue weighted by Crippen LogP contribution is 2.11. The lowest BCUT2D eigenvalue weighted by Crippen LogP contribution is -2.34. The van der Waals surface area contributed by atoms with Crippen molar-refractivity contribution in [1.82, 2.24) is 25.2 Å². The zero-order valence-corrected chi connectivity index (χ0v) is 10.9. The van der Waals surface area contributed by atoms with Gasteiger partial charge < -0.3 is 10.4 Å². The smallest absolute Gasteiger partial charge is 0.358 e. The molecule has 2 N–H and O–H groups in total. The van der Waals surface area contributed by atoms with Crippen molar-refractivity contribution >= 4 is 17.9 Å². The maximum absolute atomic E-state index is 11.9. The lowest BCUT2D eigenvalue weighted by atomic mass is 10.2. The number of carboxylic acids is 1. The summed E-state index contributed by atoms with van der Waals surface area (Å²) in [4.78, 5) is 35.4. The van der Waals surface area contributed by atoms with Gasteiger partial charge in [0.1, 0.15) is 6.04 Å². The van der Waals surface area contributed by atoms with Crippen LogP contribution in [0.3, 0.4) is 0 Å². The van der Waals surface area contributed by atoms with E-state index < -0.39 is 18.0 Å². The molecule has 1 fully saturated rings. The summed E-state index contributed by atoms with van der Waals surface area (Å²) in [5.41, 5.74) is -0.175. The largest absolute Gasteiger partial charge is 0.476 e. The van der Waals surface area contributed by atoms with Gasteiger partial charge >= 0.3 is 12.0 Å². The van der Waals surface area contributed by atoms with Gasteiger partial charge in [-0.25, -0.2) is 14.3 Å². The molecule has 1 aliphatic rings. The van der Waals surface area contributed by atoms with Crippen molar-refractivity contribution in [3.63, 3.8) is 0 Å². The van der Waals surface area contributed by atoms with E-state index in [1.54, 1.807) is 0 Å². The molecule has 0 bridgehead atoms. The topological polar surface area (TPSA) is 117 Å². The maximum atomic E-state index is 11.9. The molecule has 0 radical (unpaired) electrons. The van der Waals surface area contributed by atoms with Crippen molar-refractivity contribution in [2.24, 2.45) is 0 Å². The summed E-state index contributed by atoms with van der Waals surface area (Å²) in [7, 11) is 0. The van der Waals surface area contributed by atoms with Crippen molar-refractivity contribution in [1.29, 1.82) is 0 Å². The number of rotatable bonds is 6. The van der Waals surface area contributed by atoms with Gasteiger partial charge in [-0.05, 0) is 6.42 Å². The highest BCUT2D eigenvalue weighted by molar-refractivity contribution is 6.04. The molecule has 0 saturated carbocycles. The highest BCUT2D eigenvalue weighted by Gasteiger charge is 2.36. The minimum absolute atomic E-state index is 0.132. The van der Waals surface area contributed by atoms with Gasteiger partial charge in [-0.3, -0.25) is 9.69 Å². The fraction of sp³-hybridized carbons (Fsp3) is 0.545. The number of urea groups is 1. The molecule has 2 heterocycles. The van der Waals surface area contributed by atoms with Crippen LogP contribution in [0.1, 0.15) is 30.3 Å². The Labute approximate surface area is 114 Å². The molecule has 1 atom stereocenters. The number of nitrogens with one attached hydrogen (secondary N) is 1.